The molecule has 1 aliphatic rings. The zero-order chi connectivity index (χ0) is 15.6. The monoisotopic (exact) mass is 394 g/mol. The summed E-state index contributed by atoms with van der Waals surface area (Å²) in [7, 11) is -3.14. The number of rotatable bonds is 2. The van der Waals surface area contributed by atoms with Crippen molar-refractivity contribution < 1.29 is 18.0 Å². The van der Waals surface area contributed by atoms with Crippen LogP contribution < -0.4 is 10.9 Å². The zero-order valence-electron chi connectivity index (χ0n) is 10.7. The summed E-state index contributed by atoms with van der Waals surface area (Å²) in [6, 6.07) is 4.75. The largest absolute Gasteiger partial charge is 0.273 e. The second-order valence-electron chi connectivity index (χ2n) is 4.67. The lowest BCUT2D eigenvalue weighted by Crippen LogP contribution is -2.44. The van der Waals surface area contributed by atoms with Crippen LogP contribution in [-0.2, 0) is 14.6 Å². The Labute approximate surface area is 135 Å². The predicted molar refractivity (Wildman–Crippen MR) is 81.5 cm³/mol. The van der Waals surface area contributed by atoms with Gasteiger partial charge in [0.05, 0.1) is 28.0 Å². The molecule has 1 aliphatic heterocycles. The molecule has 1 aromatic rings. The molecule has 0 radical (unpaired) electrons. The Kier molecular flexibility index (Phi) is 4.90. The fourth-order valence-corrected chi connectivity index (χ4v) is 4.27. The number of carbonyl (C=O) groups is 2. The van der Waals surface area contributed by atoms with Crippen LogP contribution in [0.4, 0.5) is 0 Å². The molecular weight excluding hydrogens is 384 g/mol. The number of hydrogen-bond acceptors (Lipinski definition) is 4. The molecule has 21 heavy (non-hydrogen) atoms. The van der Waals surface area contributed by atoms with E-state index in [-0.39, 0.29) is 28.5 Å². The van der Waals surface area contributed by atoms with E-state index < -0.39 is 27.6 Å². The maximum absolute atomic E-state index is 11.9. The van der Waals surface area contributed by atoms with Gasteiger partial charge in [0.25, 0.3) is 5.91 Å². The summed E-state index contributed by atoms with van der Waals surface area (Å²) in [4.78, 5) is 23.7. The van der Waals surface area contributed by atoms with Crippen molar-refractivity contribution in [2.75, 3.05) is 11.5 Å². The fraction of sp³-hybridized carbons (Fsp3) is 0.333. The lowest BCUT2D eigenvalue weighted by atomic mass is 10.1. The summed E-state index contributed by atoms with van der Waals surface area (Å²) in [6.07, 6.45) is 0.266. The van der Waals surface area contributed by atoms with Gasteiger partial charge in [-0.25, -0.2) is 8.42 Å². The number of hydrogen-bond donors (Lipinski definition) is 2. The molecule has 1 aromatic carbocycles. The maximum Gasteiger partial charge on any atom is 0.271 e. The summed E-state index contributed by atoms with van der Waals surface area (Å²) in [5.41, 5.74) is 4.66. The molecule has 1 saturated heterocycles. The SMILES string of the molecule is O=C(NNC(=O)[C@@H]1CCS(=O)(=O)C1)c1cc(Br)ccc1Cl. The van der Waals surface area contributed by atoms with E-state index in [0.29, 0.717) is 4.47 Å². The molecule has 1 fully saturated rings. The Bertz CT molecular complexity index is 692. The van der Waals surface area contributed by atoms with Crippen molar-refractivity contribution in [1.82, 2.24) is 10.9 Å². The quantitative estimate of drug-likeness (QED) is 0.738. The van der Waals surface area contributed by atoms with Crippen molar-refractivity contribution >= 4 is 49.2 Å². The molecule has 114 valence electrons. The van der Waals surface area contributed by atoms with Crippen LogP contribution in [-0.4, -0.2) is 31.7 Å². The van der Waals surface area contributed by atoms with Gasteiger partial charge in [-0.3, -0.25) is 20.4 Å². The molecule has 1 heterocycles. The average Bonchev–Trinajstić information content (AvgIpc) is 2.79. The Balaban J connectivity index is 1.95. The number of sulfone groups is 1. The lowest BCUT2D eigenvalue weighted by molar-refractivity contribution is -0.125. The first kappa shape index (κ1) is 16.3. The van der Waals surface area contributed by atoms with Crippen molar-refractivity contribution in [2.45, 2.75) is 6.42 Å². The Morgan fingerprint density at radius 2 is 2.00 bits per heavy atom. The number of hydrazine groups is 1. The van der Waals surface area contributed by atoms with Crippen molar-refractivity contribution in [2.24, 2.45) is 5.92 Å². The molecule has 0 aliphatic carbocycles. The summed E-state index contributed by atoms with van der Waals surface area (Å²) in [5.74, 6) is -1.91. The smallest absolute Gasteiger partial charge is 0.271 e. The second-order valence-corrected chi connectivity index (χ2v) is 8.22. The average molecular weight is 396 g/mol. The van der Waals surface area contributed by atoms with E-state index in [1.165, 1.54) is 6.07 Å². The van der Waals surface area contributed by atoms with Crippen molar-refractivity contribution in [3.8, 4) is 0 Å². The topological polar surface area (TPSA) is 92.3 Å². The van der Waals surface area contributed by atoms with Gasteiger partial charge >= 0.3 is 0 Å². The van der Waals surface area contributed by atoms with Crippen molar-refractivity contribution in [3.05, 3.63) is 33.3 Å². The molecule has 0 aromatic heterocycles. The first-order chi connectivity index (χ1) is 9.78. The minimum absolute atomic E-state index is 0.00348. The van der Waals surface area contributed by atoms with Crippen LogP contribution in [0.25, 0.3) is 0 Å². The molecule has 0 spiro atoms. The summed E-state index contributed by atoms with van der Waals surface area (Å²) in [5, 5.41) is 0.244. The molecule has 0 bridgehead atoms. The van der Waals surface area contributed by atoms with Gasteiger partial charge in [-0.1, -0.05) is 27.5 Å². The Hall–Kier alpha value is -1.12. The van der Waals surface area contributed by atoms with Gasteiger partial charge in [0, 0.05) is 4.47 Å². The number of benzene rings is 1. The molecule has 9 heteroatoms. The van der Waals surface area contributed by atoms with Crippen LogP contribution >= 0.6 is 27.5 Å². The molecule has 0 saturated carbocycles. The van der Waals surface area contributed by atoms with E-state index in [1.807, 2.05) is 0 Å². The molecular formula is C12H12BrClN2O4S. The first-order valence-corrected chi connectivity index (χ1v) is 9.03. The van der Waals surface area contributed by atoms with Gasteiger partial charge in [-0.15, -0.1) is 0 Å². The molecule has 0 unspecified atom stereocenters. The molecule has 6 nitrogen and oxygen atoms in total. The highest BCUT2D eigenvalue weighted by atomic mass is 79.9. The van der Waals surface area contributed by atoms with E-state index in [1.54, 1.807) is 12.1 Å². The van der Waals surface area contributed by atoms with Gasteiger partial charge in [0.2, 0.25) is 5.91 Å². The van der Waals surface area contributed by atoms with Crippen LogP contribution in [0.15, 0.2) is 22.7 Å². The molecule has 2 N–H and O–H groups in total. The Morgan fingerprint density at radius 3 is 2.62 bits per heavy atom. The Morgan fingerprint density at radius 1 is 1.29 bits per heavy atom. The number of amides is 2. The third-order valence-electron chi connectivity index (χ3n) is 3.08. The standard InChI is InChI=1S/C12H12BrClN2O4S/c13-8-1-2-10(14)9(5-8)12(18)16-15-11(17)7-3-4-21(19,20)6-7/h1-2,5,7H,3-4,6H2,(H,15,17)(H,16,18)/t7-/m1/s1. The van der Waals surface area contributed by atoms with Gasteiger partial charge in [0.15, 0.2) is 9.84 Å². The highest BCUT2D eigenvalue weighted by Gasteiger charge is 2.33. The van der Waals surface area contributed by atoms with Gasteiger partial charge in [-0.05, 0) is 24.6 Å². The normalized spacial score (nSPS) is 20.0. The van der Waals surface area contributed by atoms with E-state index in [4.69, 9.17) is 11.6 Å². The van der Waals surface area contributed by atoms with Gasteiger partial charge < -0.3 is 0 Å². The summed E-state index contributed by atoms with van der Waals surface area (Å²) >= 11 is 9.12. The molecule has 2 amide bonds. The molecule has 2 rings (SSSR count). The van der Waals surface area contributed by atoms with Gasteiger partial charge in [-0.2, -0.15) is 0 Å². The molecule has 1 atom stereocenters. The summed E-state index contributed by atoms with van der Waals surface area (Å²) in [6.45, 7) is 0. The van der Waals surface area contributed by atoms with Crippen LogP contribution in [0.3, 0.4) is 0 Å². The third kappa shape index (κ3) is 4.18. The minimum Gasteiger partial charge on any atom is -0.273 e. The minimum atomic E-state index is -3.14. The number of carbonyl (C=O) groups excluding carboxylic acids is 2. The first-order valence-electron chi connectivity index (χ1n) is 6.04. The van der Waals surface area contributed by atoms with E-state index in [9.17, 15) is 18.0 Å². The second kappa shape index (κ2) is 6.33. The highest BCUT2D eigenvalue weighted by molar-refractivity contribution is 9.10. The van der Waals surface area contributed by atoms with Crippen LogP contribution in [0.5, 0.6) is 0 Å². The van der Waals surface area contributed by atoms with E-state index >= 15 is 0 Å². The van der Waals surface area contributed by atoms with Gasteiger partial charge in [0.1, 0.15) is 0 Å². The zero-order valence-corrected chi connectivity index (χ0v) is 13.9. The van der Waals surface area contributed by atoms with E-state index in [0.717, 1.165) is 0 Å². The fourth-order valence-electron chi connectivity index (χ4n) is 1.96. The third-order valence-corrected chi connectivity index (χ3v) is 5.67. The van der Waals surface area contributed by atoms with Crippen LogP contribution in [0, 0.1) is 5.92 Å². The van der Waals surface area contributed by atoms with Crippen LogP contribution in [0.1, 0.15) is 16.8 Å². The summed E-state index contributed by atoms with van der Waals surface area (Å²) < 4.78 is 23.3. The van der Waals surface area contributed by atoms with Crippen molar-refractivity contribution in [3.63, 3.8) is 0 Å². The van der Waals surface area contributed by atoms with Crippen molar-refractivity contribution in [1.29, 1.82) is 0 Å². The predicted octanol–water partition coefficient (Wildman–Crippen LogP) is 1.30. The number of nitrogens with one attached hydrogen (secondary N) is 2. The maximum atomic E-state index is 11.9. The lowest BCUT2D eigenvalue weighted by Gasteiger charge is -2.11. The van der Waals surface area contributed by atoms with Crippen LogP contribution in [0.2, 0.25) is 5.02 Å². The number of halogens is 2. The highest BCUT2D eigenvalue weighted by Crippen LogP contribution is 2.21. The van der Waals surface area contributed by atoms with E-state index in [2.05, 4.69) is 26.8 Å².